The van der Waals surface area contributed by atoms with Crippen LogP contribution in [0, 0.1) is 6.92 Å². The van der Waals surface area contributed by atoms with Crippen LogP contribution in [0.3, 0.4) is 0 Å². The van der Waals surface area contributed by atoms with E-state index in [1.807, 2.05) is 55.5 Å². The highest BCUT2D eigenvalue weighted by atomic mass is 35.5. The zero-order valence-corrected chi connectivity index (χ0v) is 15.9. The molecule has 0 aliphatic carbocycles. The minimum Gasteiger partial charge on any atom is -0.354 e. The van der Waals surface area contributed by atoms with Crippen molar-refractivity contribution < 1.29 is 4.79 Å². The highest BCUT2D eigenvalue weighted by Gasteiger charge is 2.10. The minimum absolute atomic E-state index is 0.253. The van der Waals surface area contributed by atoms with Crippen molar-refractivity contribution in [3.63, 3.8) is 0 Å². The van der Waals surface area contributed by atoms with E-state index in [2.05, 4.69) is 20.6 Å². The Morgan fingerprint density at radius 3 is 2.71 bits per heavy atom. The largest absolute Gasteiger partial charge is 0.354 e. The summed E-state index contributed by atoms with van der Waals surface area (Å²) in [7, 11) is 0. The molecule has 28 heavy (non-hydrogen) atoms. The van der Waals surface area contributed by atoms with E-state index >= 15 is 0 Å². The van der Waals surface area contributed by atoms with Gasteiger partial charge in [0.05, 0.1) is 28.7 Å². The van der Waals surface area contributed by atoms with Crippen molar-refractivity contribution in [2.75, 3.05) is 10.6 Å². The number of carbonyl (C=O) groups is 1. The SMILES string of the molecule is Cc1ccc(Nc2cncc(C(=O)Nc3cccc4cccnc34)c2)cc1Cl. The first kappa shape index (κ1) is 17.9. The Balaban J connectivity index is 1.56. The summed E-state index contributed by atoms with van der Waals surface area (Å²) in [6.45, 7) is 1.95. The van der Waals surface area contributed by atoms with Crippen LogP contribution in [0.4, 0.5) is 17.1 Å². The molecule has 0 aliphatic rings. The Morgan fingerprint density at radius 2 is 1.86 bits per heavy atom. The van der Waals surface area contributed by atoms with Crippen LogP contribution in [-0.2, 0) is 0 Å². The van der Waals surface area contributed by atoms with Gasteiger partial charge in [0.1, 0.15) is 0 Å². The summed E-state index contributed by atoms with van der Waals surface area (Å²) in [4.78, 5) is 21.3. The molecule has 0 aliphatic heterocycles. The van der Waals surface area contributed by atoms with Crippen LogP contribution >= 0.6 is 11.6 Å². The van der Waals surface area contributed by atoms with Crippen LogP contribution in [0.1, 0.15) is 15.9 Å². The summed E-state index contributed by atoms with van der Waals surface area (Å²) in [5.41, 5.74) is 4.37. The first-order valence-corrected chi connectivity index (χ1v) is 9.11. The van der Waals surface area contributed by atoms with Crippen LogP contribution in [0.2, 0.25) is 5.02 Å². The number of nitrogens with zero attached hydrogens (tertiary/aromatic N) is 2. The van der Waals surface area contributed by atoms with Gasteiger partial charge in [-0.3, -0.25) is 14.8 Å². The zero-order valence-electron chi connectivity index (χ0n) is 15.1. The third kappa shape index (κ3) is 3.80. The highest BCUT2D eigenvalue weighted by molar-refractivity contribution is 6.31. The van der Waals surface area contributed by atoms with Crippen molar-refractivity contribution in [1.29, 1.82) is 0 Å². The molecule has 0 saturated carbocycles. The predicted molar refractivity (Wildman–Crippen MR) is 113 cm³/mol. The Hall–Kier alpha value is -3.44. The lowest BCUT2D eigenvalue weighted by Gasteiger charge is -2.10. The molecule has 0 unspecified atom stereocenters. The molecule has 4 aromatic rings. The lowest BCUT2D eigenvalue weighted by molar-refractivity contribution is 0.102. The van der Waals surface area contributed by atoms with Gasteiger partial charge in [-0.05, 0) is 42.8 Å². The highest BCUT2D eigenvalue weighted by Crippen LogP contribution is 2.24. The number of anilines is 3. The molecule has 2 aromatic heterocycles. The van der Waals surface area contributed by atoms with E-state index < -0.39 is 0 Å². The minimum atomic E-state index is -0.253. The average molecular weight is 389 g/mol. The molecule has 5 nitrogen and oxygen atoms in total. The van der Waals surface area contributed by atoms with Gasteiger partial charge in [-0.25, -0.2) is 0 Å². The number of benzene rings is 2. The van der Waals surface area contributed by atoms with E-state index in [-0.39, 0.29) is 5.91 Å². The fourth-order valence-electron chi connectivity index (χ4n) is 2.87. The number of halogens is 1. The molecule has 0 bridgehead atoms. The fraction of sp³-hybridized carbons (Fsp3) is 0.0455. The molecular weight excluding hydrogens is 372 g/mol. The number of rotatable bonds is 4. The van der Waals surface area contributed by atoms with Crippen molar-refractivity contribution >= 4 is 45.5 Å². The average Bonchev–Trinajstić information content (AvgIpc) is 2.71. The standard InChI is InChI=1S/C22H17ClN4O/c1-14-7-8-17(11-19(14)23)26-18-10-16(12-24-13-18)22(28)27-20-6-2-4-15-5-3-9-25-21(15)20/h2-13,26H,1H3,(H,27,28). The second-order valence-corrected chi connectivity index (χ2v) is 6.79. The maximum atomic E-state index is 12.7. The summed E-state index contributed by atoms with van der Waals surface area (Å²) < 4.78 is 0. The molecule has 6 heteroatoms. The van der Waals surface area contributed by atoms with Gasteiger partial charge in [-0.2, -0.15) is 0 Å². The normalized spacial score (nSPS) is 10.6. The molecule has 138 valence electrons. The first-order chi connectivity index (χ1) is 13.6. The second-order valence-electron chi connectivity index (χ2n) is 6.39. The van der Waals surface area contributed by atoms with Gasteiger partial charge >= 0.3 is 0 Å². The van der Waals surface area contributed by atoms with Crippen molar-refractivity contribution in [2.24, 2.45) is 0 Å². The first-order valence-electron chi connectivity index (χ1n) is 8.73. The Morgan fingerprint density at radius 1 is 1.00 bits per heavy atom. The van der Waals surface area contributed by atoms with Gasteiger partial charge < -0.3 is 10.6 Å². The molecule has 1 amide bonds. The topological polar surface area (TPSA) is 66.9 Å². The van der Waals surface area contributed by atoms with E-state index in [9.17, 15) is 4.79 Å². The third-order valence-electron chi connectivity index (χ3n) is 4.34. The predicted octanol–water partition coefficient (Wildman–Crippen LogP) is 5.59. The smallest absolute Gasteiger partial charge is 0.257 e. The monoisotopic (exact) mass is 388 g/mol. The molecule has 0 fully saturated rings. The van der Waals surface area contributed by atoms with E-state index in [1.54, 1.807) is 18.5 Å². The molecular formula is C22H17ClN4O. The van der Waals surface area contributed by atoms with E-state index in [0.29, 0.717) is 22.0 Å². The number of para-hydroxylation sites is 1. The summed E-state index contributed by atoms with van der Waals surface area (Å²) in [6, 6.07) is 16.9. The Bertz CT molecular complexity index is 1170. The number of pyridine rings is 2. The number of hydrogen-bond donors (Lipinski definition) is 2. The van der Waals surface area contributed by atoms with Crippen molar-refractivity contribution in [2.45, 2.75) is 6.92 Å². The van der Waals surface area contributed by atoms with Crippen molar-refractivity contribution in [3.8, 4) is 0 Å². The van der Waals surface area contributed by atoms with Crippen LogP contribution in [0.15, 0.2) is 73.2 Å². The lowest BCUT2D eigenvalue weighted by atomic mass is 10.1. The van der Waals surface area contributed by atoms with Gasteiger partial charge in [-0.1, -0.05) is 35.9 Å². The summed E-state index contributed by atoms with van der Waals surface area (Å²) >= 11 is 6.17. The Kier molecular flexibility index (Phi) is 4.91. The van der Waals surface area contributed by atoms with Crippen LogP contribution < -0.4 is 10.6 Å². The quantitative estimate of drug-likeness (QED) is 0.478. The van der Waals surface area contributed by atoms with Crippen LogP contribution in [-0.4, -0.2) is 15.9 Å². The summed E-state index contributed by atoms with van der Waals surface area (Å²) in [6.07, 6.45) is 4.89. The van der Waals surface area contributed by atoms with E-state index in [1.165, 1.54) is 6.20 Å². The third-order valence-corrected chi connectivity index (χ3v) is 4.75. The summed E-state index contributed by atoms with van der Waals surface area (Å²) in [5, 5.41) is 7.78. The van der Waals surface area contributed by atoms with Crippen LogP contribution in [0.25, 0.3) is 10.9 Å². The Labute approximate surface area is 167 Å². The van der Waals surface area contributed by atoms with Crippen LogP contribution in [0.5, 0.6) is 0 Å². The number of hydrogen-bond acceptors (Lipinski definition) is 4. The molecule has 0 spiro atoms. The zero-order chi connectivity index (χ0) is 19.5. The van der Waals surface area contributed by atoms with Gasteiger partial charge in [0.2, 0.25) is 0 Å². The lowest BCUT2D eigenvalue weighted by Crippen LogP contribution is -2.13. The number of amides is 1. The number of fused-ring (bicyclic) bond motifs is 1. The summed E-state index contributed by atoms with van der Waals surface area (Å²) in [5.74, 6) is -0.253. The van der Waals surface area contributed by atoms with Gasteiger partial charge in [-0.15, -0.1) is 0 Å². The maximum Gasteiger partial charge on any atom is 0.257 e. The molecule has 2 heterocycles. The number of carbonyl (C=O) groups excluding carboxylic acids is 1. The molecule has 2 aromatic carbocycles. The maximum absolute atomic E-state index is 12.7. The number of aryl methyl sites for hydroxylation is 1. The fourth-order valence-corrected chi connectivity index (χ4v) is 3.05. The molecule has 0 atom stereocenters. The number of aromatic nitrogens is 2. The van der Waals surface area contributed by atoms with Crippen molar-refractivity contribution in [3.05, 3.63) is 89.3 Å². The van der Waals surface area contributed by atoms with Gasteiger partial charge in [0, 0.05) is 28.5 Å². The second kappa shape index (κ2) is 7.66. The molecule has 4 rings (SSSR count). The van der Waals surface area contributed by atoms with Crippen molar-refractivity contribution in [1.82, 2.24) is 9.97 Å². The molecule has 0 saturated heterocycles. The number of nitrogens with one attached hydrogen (secondary N) is 2. The van der Waals surface area contributed by atoms with Gasteiger partial charge in [0.25, 0.3) is 5.91 Å². The molecule has 2 N–H and O–H groups in total. The molecule has 0 radical (unpaired) electrons. The van der Waals surface area contributed by atoms with E-state index in [4.69, 9.17) is 11.6 Å². The van der Waals surface area contributed by atoms with E-state index in [0.717, 1.165) is 22.2 Å². The van der Waals surface area contributed by atoms with Gasteiger partial charge in [0.15, 0.2) is 0 Å².